The Morgan fingerprint density at radius 1 is 0.897 bits per heavy atom. The molecule has 0 saturated carbocycles. The van der Waals surface area contributed by atoms with Gasteiger partial charge in [0.1, 0.15) is 5.75 Å². The van der Waals surface area contributed by atoms with Gasteiger partial charge in [0.2, 0.25) is 0 Å². The molecule has 5 heteroatoms. The molecule has 1 aromatic rings. The third-order valence-electron chi connectivity index (χ3n) is 5.54. The highest BCUT2D eigenvalue weighted by molar-refractivity contribution is 7.86. The second kappa shape index (κ2) is 14.8. The molecule has 0 fully saturated rings. The molecule has 0 saturated heterocycles. The van der Waals surface area contributed by atoms with Gasteiger partial charge in [0.25, 0.3) is 10.1 Å². The maximum absolute atomic E-state index is 11.2. The maximum Gasteiger partial charge on any atom is 0.267 e. The standard InChI is InChI=1S/C24H42O4S/c1-4-6-8-10-12-14-22-16-17-23(15-13-11-9-7-5-2)24(20-22)28-19-18-21(3)29(25,26)27/h16-17,20-21H,4-15,18-19H2,1-3H3,(H,25,26,27). The number of ether oxygens (including phenoxy) is 1. The van der Waals surface area contributed by atoms with Gasteiger partial charge in [-0.1, -0.05) is 77.3 Å². The minimum absolute atomic E-state index is 0.288. The lowest BCUT2D eigenvalue weighted by molar-refractivity contribution is 0.303. The zero-order valence-corrected chi connectivity index (χ0v) is 19.6. The van der Waals surface area contributed by atoms with Crippen LogP contribution in [0.1, 0.15) is 103 Å². The molecule has 4 nitrogen and oxygen atoms in total. The van der Waals surface area contributed by atoms with E-state index in [4.69, 9.17) is 9.29 Å². The molecule has 1 unspecified atom stereocenters. The first-order chi connectivity index (χ1) is 13.9. The number of aryl methyl sites for hydroxylation is 2. The Morgan fingerprint density at radius 3 is 2.07 bits per heavy atom. The van der Waals surface area contributed by atoms with Crippen molar-refractivity contribution < 1.29 is 17.7 Å². The van der Waals surface area contributed by atoms with Crippen LogP contribution in [0.25, 0.3) is 0 Å². The van der Waals surface area contributed by atoms with Crippen LogP contribution in [0.4, 0.5) is 0 Å². The van der Waals surface area contributed by atoms with Crippen LogP contribution < -0.4 is 4.74 Å². The summed E-state index contributed by atoms with van der Waals surface area (Å²) in [6, 6.07) is 6.54. The summed E-state index contributed by atoms with van der Waals surface area (Å²) in [5.74, 6) is 0.883. The zero-order chi connectivity index (χ0) is 21.5. The normalized spacial score (nSPS) is 12.8. The molecule has 0 spiro atoms. The number of rotatable bonds is 17. The van der Waals surface area contributed by atoms with E-state index >= 15 is 0 Å². The molecule has 29 heavy (non-hydrogen) atoms. The molecule has 0 aliphatic carbocycles. The Balaban J connectivity index is 2.66. The van der Waals surface area contributed by atoms with Gasteiger partial charge >= 0.3 is 0 Å². The van der Waals surface area contributed by atoms with Crippen molar-refractivity contribution in [3.8, 4) is 5.75 Å². The number of unbranched alkanes of at least 4 members (excludes halogenated alkanes) is 8. The third kappa shape index (κ3) is 11.6. The minimum atomic E-state index is -4.00. The molecule has 168 valence electrons. The molecular formula is C24H42O4S. The minimum Gasteiger partial charge on any atom is -0.493 e. The highest BCUT2D eigenvalue weighted by atomic mass is 32.2. The first kappa shape index (κ1) is 26.0. The van der Waals surface area contributed by atoms with Crippen LogP contribution in [0.3, 0.4) is 0 Å². The van der Waals surface area contributed by atoms with Crippen molar-refractivity contribution in [1.29, 1.82) is 0 Å². The quantitative estimate of drug-likeness (QED) is 0.221. The molecule has 1 atom stereocenters. The van der Waals surface area contributed by atoms with E-state index < -0.39 is 15.4 Å². The van der Waals surface area contributed by atoms with Crippen LogP contribution in [-0.4, -0.2) is 24.8 Å². The average molecular weight is 427 g/mol. The highest BCUT2D eigenvalue weighted by Crippen LogP contribution is 2.25. The lowest BCUT2D eigenvalue weighted by atomic mass is 10.00. The Morgan fingerprint density at radius 2 is 1.48 bits per heavy atom. The number of hydrogen-bond acceptors (Lipinski definition) is 3. The van der Waals surface area contributed by atoms with E-state index in [1.54, 1.807) is 0 Å². The van der Waals surface area contributed by atoms with Crippen LogP contribution >= 0.6 is 0 Å². The largest absolute Gasteiger partial charge is 0.493 e. The van der Waals surface area contributed by atoms with Crippen LogP contribution in [0.15, 0.2) is 18.2 Å². The van der Waals surface area contributed by atoms with Crippen molar-refractivity contribution in [2.45, 2.75) is 109 Å². The van der Waals surface area contributed by atoms with Gasteiger partial charge < -0.3 is 4.74 Å². The Labute approximate surface area is 179 Å². The summed E-state index contributed by atoms with van der Waals surface area (Å²) in [6.45, 7) is 6.26. The summed E-state index contributed by atoms with van der Waals surface area (Å²) in [5, 5.41) is -0.804. The monoisotopic (exact) mass is 426 g/mol. The van der Waals surface area contributed by atoms with E-state index in [1.165, 1.54) is 75.8 Å². The van der Waals surface area contributed by atoms with E-state index in [2.05, 4.69) is 32.0 Å². The molecule has 0 aliphatic heterocycles. The molecule has 1 aromatic carbocycles. The zero-order valence-electron chi connectivity index (χ0n) is 18.8. The van der Waals surface area contributed by atoms with Crippen LogP contribution in [0.2, 0.25) is 0 Å². The lowest BCUT2D eigenvalue weighted by Gasteiger charge is -2.15. The van der Waals surface area contributed by atoms with Gasteiger partial charge in [-0.3, -0.25) is 4.55 Å². The summed E-state index contributed by atoms with van der Waals surface area (Å²) >= 11 is 0. The molecule has 0 aliphatic rings. The number of benzene rings is 1. The van der Waals surface area contributed by atoms with Crippen LogP contribution in [-0.2, 0) is 23.0 Å². The summed E-state index contributed by atoms with van der Waals surface area (Å²) in [7, 11) is -4.00. The third-order valence-corrected chi connectivity index (χ3v) is 6.79. The maximum atomic E-state index is 11.2. The van der Waals surface area contributed by atoms with Crippen LogP contribution in [0, 0.1) is 0 Å². The summed E-state index contributed by atoms with van der Waals surface area (Å²) in [4.78, 5) is 0. The smallest absolute Gasteiger partial charge is 0.267 e. The van der Waals surface area contributed by atoms with Gasteiger partial charge in [0.05, 0.1) is 11.9 Å². The van der Waals surface area contributed by atoms with Gasteiger partial charge in [-0.2, -0.15) is 8.42 Å². The average Bonchev–Trinajstić information content (AvgIpc) is 2.68. The van der Waals surface area contributed by atoms with E-state index in [1.807, 2.05) is 0 Å². The second-order valence-corrected chi connectivity index (χ2v) is 10.1. The fraction of sp³-hybridized carbons (Fsp3) is 0.750. The number of hydrogen-bond donors (Lipinski definition) is 1. The fourth-order valence-electron chi connectivity index (χ4n) is 3.43. The van der Waals surface area contributed by atoms with E-state index in [9.17, 15) is 8.42 Å². The van der Waals surface area contributed by atoms with Gasteiger partial charge in [-0.05, 0) is 49.8 Å². The fourth-order valence-corrected chi connectivity index (χ4v) is 3.82. The highest BCUT2D eigenvalue weighted by Gasteiger charge is 2.17. The lowest BCUT2D eigenvalue weighted by Crippen LogP contribution is -2.19. The van der Waals surface area contributed by atoms with Gasteiger partial charge in [-0.15, -0.1) is 0 Å². The summed E-state index contributed by atoms with van der Waals surface area (Å²) < 4.78 is 37.6. The van der Waals surface area contributed by atoms with Gasteiger partial charge in [-0.25, -0.2) is 0 Å². The first-order valence-corrected chi connectivity index (χ1v) is 13.1. The molecular weight excluding hydrogens is 384 g/mol. The Hall–Kier alpha value is -1.07. The van der Waals surface area contributed by atoms with Crippen molar-refractivity contribution in [2.24, 2.45) is 0 Å². The van der Waals surface area contributed by atoms with Gasteiger partial charge in [0, 0.05) is 6.42 Å². The van der Waals surface area contributed by atoms with Crippen molar-refractivity contribution in [1.82, 2.24) is 0 Å². The first-order valence-electron chi connectivity index (χ1n) is 11.6. The van der Waals surface area contributed by atoms with Crippen molar-refractivity contribution >= 4 is 10.1 Å². The predicted molar refractivity (Wildman–Crippen MR) is 122 cm³/mol. The Bertz CT molecular complexity index is 655. The summed E-state index contributed by atoms with van der Waals surface area (Å²) in [6.07, 6.45) is 14.8. The molecule has 1 rings (SSSR count). The predicted octanol–water partition coefficient (Wildman–Crippen LogP) is 6.76. The molecule has 0 aromatic heterocycles. The molecule has 0 amide bonds. The van der Waals surface area contributed by atoms with Crippen molar-refractivity contribution in [3.63, 3.8) is 0 Å². The summed E-state index contributed by atoms with van der Waals surface area (Å²) in [5.41, 5.74) is 2.49. The van der Waals surface area contributed by atoms with Crippen molar-refractivity contribution in [2.75, 3.05) is 6.61 Å². The molecule has 0 heterocycles. The van der Waals surface area contributed by atoms with Crippen LogP contribution in [0.5, 0.6) is 5.75 Å². The van der Waals surface area contributed by atoms with E-state index in [0.717, 1.165) is 25.0 Å². The Kier molecular flexibility index (Phi) is 13.3. The molecule has 0 radical (unpaired) electrons. The topological polar surface area (TPSA) is 63.6 Å². The SMILES string of the molecule is CCCCCCCc1ccc(CCCCCCC)c(OCCC(C)S(=O)(=O)O)c1. The second-order valence-electron chi connectivity index (χ2n) is 8.23. The van der Waals surface area contributed by atoms with E-state index in [0.29, 0.717) is 6.61 Å². The van der Waals surface area contributed by atoms with E-state index in [-0.39, 0.29) is 6.42 Å². The van der Waals surface area contributed by atoms with Gasteiger partial charge in [0.15, 0.2) is 0 Å². The molecule has 1 N–H and O–H groups in total. The molecule has 0 bridgehead atoms. The van der Waals surface area contributed by atoms with Crippen molar-refractivity contribution in [3.05, 3.63) is 29.3 Å².